The molecule has 1 aliphatic rings. The van der Waals surface area contributed by atoms with Crippen LogP contribution in [0.15, 0.2) is 18.2 Å². The van der Waals surface area contributed by atoms with E-state index < -0.39 is 42.2 Å². The van der Waals surface area contributed by atoms with Gasteiger partial charge in [-0.2, -0.15) is 0 Å². The number of ether oxygens (including phenoxy) is 1. The van der Waals surface area contributed by atoms with Gasteiger partial charge < -0.3 is 36.2 Å². The Labute approximate surface area is 124 Å². The summed E-state index contributed by atoms with van der Waals surface area (Å²) in [4.78, 5) is 10.1. The van der Waals surface area contributed by atoms with E-state index in [9.17, 15) is 25.4 Å². The van der Waals surface area contributed by atoms with Crippen LogP contribution in [0.25, 0.3) is 0 Å². The number of rotatable bonds is 4. The van der Waals surface area contributed by atoms with Crippen LogP contribution in [0.4, 0.5) is 17.1 Å². The van der Waals surface area contributed by atoms with E-state index in [1.54, 1.807) is 0 Å². The smallest absolute Gasteiger partial charge is 0.292 e. The predicted molar refractivity (Wildman–Crippen MR) is 74.9 cm³/mol. The molecule has 122 valence electrons. The Hall–Kier alpha value is -1.98. The number of nitrogen functional groups attached to an aromatic ring is 1. The van der Waals surface area contributed by atoms with E-state index in [1.807, 2.05) is 0 Å². The van der Waals surface area contributed by atoms with Crippen molar-refractivity contribution in [1.82, 2.24) is 0 Å². The van der Waals surface area contributed by atoms with Crippen molar-refractivity contribution < 1.29 is 30.1 Å². The Balaban J connectivity index is 2.15. The SMILES string of the molecule is Nc1cc(N[C@H]2O[C@@H](CO)[C@@H](O)[C@@H](O)[C@@H]2O)ccc1[N+](=O)[O-]. The Bertz CT molecular complexity index is 554. The number of anilines is 2. The fourth-order valence-electron chi connectivity index (χ4n) is 2.20. The summed E-state index contributed by atoms with van der Waals surface area (Å²) in [5.41, 5.74) is 5.51. The molecule has 1 aromatic rings. The van der Waals surface area contributed by atoms with Gasteiger partial charge in [0.25, 0.3) is 5.69 Å². The molecule has 0 bridgehead atoms. The molecule has 0 unspecified atom stereocenters. The molecule has 1 heterocycles. The minimum Gasteiger partial charge on any atom is -0.394 e. The number of nitro groups is 1. The summed E-state index contributed by atoms with van der Waals surface area (Å²) in [6, 6.07) is 3.82. The summed E-state index contributed by atoms with van der Waals surface area (Å²) in [7, 11) is 0. The van der Waals surface area contributed by atoms with Gasteiger partial charge >= 0.3 is 0 Å². The van der Waals surface area contributed by atoms with Gasteiger partial charge in [-0.15, -0.1) is 0 Å². The van der Waals surface area contributed by atoms with Gasteiger partial charge in [0, 0.05) is 11.8 Å². The number of hydrogen-bond donors (Lipinski definition) is 6. The van der Waals surface area contributed by atoms with Crippen molar-refractivity contribution in [1.29, 1.82) is 0 Å². The largest absolute Gasteiger partial charge is 0.394 e. The van der Waals surface area contributed by atoms with E-state index in [0.717, 1.165) is 0 Å². The van der Waals surface area contributed by atoms with Gasteiger partial charge in [-0.05, 0) is 12.1 Å². The second kappa shape index (κ2) is 6.42. The van der Waals surface area contributed by atoms with Crippen molar-refractivity contribution in [2.24, 2.45) is 0 Å². The molecule has 7 N–H and O–H groups in total. The molecule has 1 fully saturated rings. The van der Waals surface area contributed by atoms with Gasteiger partial charge in [0.15, 0.2) is 6.23 Å². The van der Waals surface area contributed by atoms with Gasteiger partial charge in [0.2, 0.25) is 0 Å². The van der Waals surface area contributed by atoms with Crippen LogP contribution in [0.1, 0.15) is 0 Å². The second-order valence-electron chi connectivity index (χ2n) is 4.92. The van der Waals surface area contributed by atoms with E-state index in [1.165, 1.54) is 18.2 Å². The highest BCUT2D eigenvalue weighted by molar-refractivity contribution is 5.66. The predicted octanol–water partition coefficient (Wildman–Crippen LogP) is -1.61. The van der Waals surface area contributed by atoms with Crippen LogP contribution in [0.3, 0.4) is 0 Å². The van der Waals surface area contributed by atoms with Crippen LogP contribution in [0.5, 0.6) is 0 Å². The highest BCUT2D eigenvalue weighted by Crippen LogP contribution is 2.27. The first-order chi connectivity index (χ1) is 10.3. The van der Waals surface area contributed by atoms with Crippen molar-refractivity contribution in [2.75, 3.05) is 17.7 Å². The summed E-state index contributed by atoms with van der Waals surface area (Å²) >= 11 is 0. The van der Waals surface area contributed by atoms with Gasteiger partial charge in [0.05, 0.1) is 11.5 Å². The lowest BCUT2D eigenvalue weighted by atomic mass is 9.98. The topological polar surface area (TPSA) is 171 Å². The van der Waals surface area contributed by atoms with Gasteiger partial charge in [-0.25, -0.2) is 0 Å². The summed E-state index contributed by atoms with van der Waals surface area (Å²) in [5.74, 6) is 0. The number of aliphatic hydroxyl groups excluding tert-OH is 4. The third-order valence-electron chi connectivity index (χ3n) is 3.43. The van der Waals surface area contributed by atoms with Crippen LogP contribution in [0.2, 0.25) is 0 Å². The van der Waals surface area contributed by atoms with Crippen LogP contribution < -0.4 is 11.1 Å². The first-order valence-electron chi connectivity index (χ1n) is 6.46. The molecule has 22 heavy (non-hydrogen) atoms. The van der Waals surface area contributed by atoms with Crippen LogP contribution >= 0.6 is 0 Å². The Morgan fingerprint density at radius 3 is 2.50 bits per heavy atom. The molecule has 0 amide bonds. The van der Waals surface area contributed by atoms with Crippen molar-refractivity contribution in [3.63, 3.8) is 0 Å². The number of nitrogens with two attached hydrogens (primary N) is 1. The molecule has 5 atom stereocenters. The fraction of sp³-hybridized carbons (Fsp3) is 0.500. The van der Waals surface area contributed by atoms with Crippen molar-refractivity contribution in [3.05, 3.63) is 28.3 Å². The zero-order valence-electron chi connectivity index (χ0n) is 11.4. The molecule has 10 nitrogen and oxygen atoms in total. The molecule has 10 heteroatoms. The minimum atomic E-state index is -1.52. The fourth-order valence-corrected chi connectivity index (χ4v) is 2.20. The molecule has 0 aromatic heterocycles. The molecule has 0 aliphatic carbocycles. The van der Waals surface area contributed by atoms with E-state index >= 15 is 0 Å². The zero-order valence-corrected chi connectivity index (χ0v) is 11.4. The summed E-state index contributed by atoms with van der Waals surface area (Å²) < 4.78 is 5.26. The summed E-state index contributed by atoms with van der Waals surface area (Å²) in [6.45, 7) is -0.550. The van der Waals surface area contributed by atoms with Crippen molar-refractivity contribution in [3.8, 4) is 0 Å². The van der Waals surface area contributed by atoms with Crippen LogP contribution in [-0.2, 0) is 4.74 Å². The first-order valence-corrected chi connectivity index (χ1v) is 6.46. The van der Waals surface area contributed by atoms with E-state index in [-0.39, 0.29) is 11.4 Å². The quantitative estimate of drug-likeness (QED) is 0.217. The number of nitro benzene ring substituents is 1. The normalized spacial score (nSPS) is 31.7. The van der Waals surface area contributed by atoms with Gasteiger partial charge in [-0.1, -0.05) is 0 Å². The minimum absolute atomic E-state index is 0.0837. The first kappa shape index (κ1) is 16.4. The molecule has 0 saturated carbocycles. The molecular weight excluding hydrogens is 298 g/mol. The molecule has 1 aliphatic heterocycles. The maximum atomic E-state index is 10.7. The molecule has 0 spiro atoms. The van der Waals surface area contributed by atoms with Crippen molar-refractivity contribution in [2.45, 2.75) is 30.6 Å². The van der Waals surface area contributed by atoms with E-state index in [0.29, 0.717) is 5.69 Å². The maximum absolute atomic E-state index is 10.7. The third kappa shape index (κ3) is 3.10. The third-order valence-corrected chi connectivity index (χ3v) is 3.43. The monoisotopic (exact) mass is 315 g/mol. The summed E-state index contributed by atoms with van der Waals surface area (Å²) in [6.07, 6.45) is -6.62. The van der Waals surface area contributed by atoms with E-state index in [2.05, 4.69) is 5.32 Å². The van der Waals surface area contributed by atoms with Crippen LogP contribution in [0, 0.1) is 10.1 Å². The average Bonchev–Trinajstić information content (AvgIpc) is 2.47. The number of benzene rings is 1. The highest BCUT2D eigenvalue weighted by Gasteiger charge is 2.43. The lowest BCUT2D eigenvalue weighted by molar-refractivity contribution is -0.383. The molecule has 1 aromatic carbocycles. The van der Waals surface area contributed by atoms with Crippen LogP contribution in [-0.4, -0.2) is 62.6 Å². The zero-order chi connectivity index (χ0) is 16.4. The Morgan fingerprint density at radius 1 is 1.27 bits per heavy atom. The Morgan fingerprint density at radius 2 is 1.95 bits per heavy atom. The molecule has 1 saturated heterocycles. The second-order valence-corrected chi connectivity index (χ2v) is 4.92. The van der Waals surface area contributed by atoms with Crippen molar-refractivity contribution >= 4 is 17.1 Å². The highest BCUT2D eigenvalue weighted by atomic mass is 16.6. The number of aliphatic hydroxyl groups is 4. The number of hydrogen-bond acceptors (Lipinski definition) is 9. The molecule has 2 rings (SSSR count). The maximum Gasteiger partial charge on any atom is 0.292 e. The standard InChI is InChI=1S/C12H17N3O7/c13-6-3-5(1-2-7(6)15(20)21)14-12-11(19)10(18)9(17)8(4-16)22-12/h1-3,8-12,14,16-19H,4,13H2/t8-,9+,10+,11-,12-/m0/s1. The number of nitrogens with one attached hydrogen (secondary N) is 1. The van der Waals surface area contributed by atoms with Gasteiger partial charge in [0.1, 0.15) is 30.1 Å². The molecule has 0 radical (unpaired) electrons. The summed E-state index contributed by atoms with van der Waals surface area (Å²) in [5, 5.41) is 51.7. The lowest BCUT2D eigenvalue weighted by Gasteiger charge is -2.40. The molecular formula is C12H17N3O7. The van der Waals surface area contributed by atoms with E-state index in [4.69, 9.17) is 15.6 Å². The Kier molecular flexibility index (Phi) is 4.78. The van der Waals surface area contributed by atoms with Gasteiger partial charge in [-0.3, -0.25) is 10.1 Å². The average molecular weight is 315 g/mol. The number of nitrogens with zero attached hydrogens (tertiary/aromatic N) is 1. The lowest BCUT2D eigenvalue weighted by Crippen LogP contribution is -2.60.